The molecule has 0 aromatic heterocycles. The molecule has 0 radical (unpaired) electrons. The number of benzene rings is 2. The van der Waals surface area contributed by atoms with Crippen LogP contribution in [0, 0.1) is 0 Å². The monoisotopic (exact) mass is 464 g/mol. The van der Waals surface area contributed by atoms with Gasteiger partial charge >= 0.3 is 0 Å². The van der Waals surface area contributed by atoms with Crippen molar-refractivity contribution in [2.24, 2.45) is 0 Å². The Labute approximate surface area is 165 Å². The molecule has 134 valence electrons. The van der Waals surface area contributed by atoms with Crippen LogP contribution < -0.4 is 9.62 Å². The maximum Gasteiger partial charge on any atom is 0.263 e. The first-order chi connectivity index (χ1) is 11.9. The van der Waals surface area contributed by atoms with Crippen molar-refractivity contribution in [2.75, 3.05) is 35.9 Å². The van der Waals surface area contributed by atoms with E-state index in [9.17, 15) is 8.42 Å². The van der Waals surface area contributed by atoms with Gasteiger partial charge in [0.2, 0.25) is 0 Å². The lowest BCUT2D eigenvalue weighted by molar-refractivity contribution is 0.123. The molecule has 0 unspecified atom stereocenters. The molecular weight excluding hydrogens is 451 g/mol. The highest BCUT2D eigenvalue weighted by atomic mass is 79.9. The first-order valence-corrected chi connectivity index (χ1v) is 10.5. The van der Waals surface area contributed by atoms with Crippen LogP contribution in [0.25, 0.3) is 0 Å². The second-order valence-electron chi connectivity index (χ2n) is 5.42. The summed E-state index contributed by atoms with van der Waals surface area (Å²) in [5, 5.41) is 0.612. The van der Waals surface area contributed by atoms with Gasteiger partial charge in [-0.25, -0.2) is 8.42 Å². The van der Waals surface area contributed by atoms with Crippen molar-refractivity contribution in [3.05, 3.63) is 50.9 Å². The van der Waals surface area contributed by atoms with Crippen LogP contribution in [-0.4, -0.2) is 34.7 Å². The largest absolute Gasteiger partial charge is 0.378 e. The molecule has 1 saturated heterocycles. The fraction of sp³-hybridized carbons (Fsp3) is 0.250. The molecule has 3 rings (SSSR count). The van der Waals surface area contributed by atoms with Crippen LogP contribution in [0.5, 0.6) is 0 Å². The Kier molecular flexibility index (Phi) is 5.80. The smallest absolute Gasteiger partial charge is 0.263 e. The summed E-state index contributed by atoms with van der Waals surface area (Å²) < 4.78 is 34.2. The summed E-state index contributed by atoms with van der Waals surface area (Å²) in [5.41, 5.74) is 1.05. The van der Waals surface area contributed by atoms with E-state index in [1.807, 2.05) is 4.90 Å². The number of sulfonamides is 1. The van der Waals surface area contributed by atoms with Crippen molar-refractivity contribution in [3.8, 4) is 0 Å². The predicted octanol–water partition coefficient (Wildman–Crippen LogP) is 4.39. The highest BCUT2D eigenvalue weighted by Crippen LogP contribution is 2.36. The Bertz CT molecular complexity index is 887. The SMILES string of the molecule is O=S(=O)(Nc1cccc(Cl)c1N1CCOCC1)c1ccc(Br)cc1Cl. The Balaban J connectivity index is 1.98. The van der Waals surface area contributed by atoms with Gasteiger partial charge in [0.15, 0.2) is 0 Å². The Hall–Kier alpha value is -0.990. The average Bonchev–Trinajstić information content (AvgIpc) is 2.55. The average molecular weight is 466 g/mol. The second-order valence-corrected chi connectivity index (χ2v) is 8.80. The second kappa shape index (κ2) is 7.72. The van der Waals surface area contributed by atoms with Crippen molar-refractivity contribution in [3.63, 3.8) is 0 Å². The van der Waals surface area contributed by atoms with E-state index in [2.05, 4.69) is 20.7 Å². The van der Waals surface area contributed by atoms with Crippen LogP contribution in [0.15, 0.2) is 45.8 Å². The lowest BCUT2D eigenvalue weighted by atomic mass is 10.2. The molecule has 1 aliphatic rings. The van der Waals surface area contributed by atoms with Crippen molar-refractivity contribution in [2.45, 2.75) is 4.90 Å². The minimum atomic E-state index is -3.86. The van der Waals surface area contributed by atoms with Crippen molar-refractivity contribution in [1.29, 1.82) is 0 Å². The summed E-state index contributed by atoms with van der Waals surface area (Å²) in [6, 6.07) is 9.73. The number of para-hydroxylation sites is 1. The first kappa shape index (κ1) is 18.8. The van der Waals surface area contributed by atoms with Gasteiger partial charge < -0.3 is 9.64 Å². The molecule has 0 atom stereocenters. The Morgan fingerprint density at radius 2 is 1.80 bits per heavy atom. The number of nitrogens with one attached hydrogen (secondary N) is 1. The van der Waals surface area contributed by atoms with Gasteiger partial charge in [-0.05, 0) is 30.3 Å². The summed E-state index contributed by atoms with van der Waals surface area (Å²) in [4.78, 5) is 2.01. The van der Waals surface area contributed by atoms with Gasteiger partial charge in [0.05, 0.1) is 34.6 Å². The fourth-order valence-electron chi connectivity index (χ4n) is 2.60. The minimum Gasteiger partial charge on any atom is -0.378 e. The van der Waals surface area contributed by atoms with Crippen molar-refractivity contribution >= 4 is 60.5 Å². The summed E-state index contributed by atoms with van der Waals surface area (Å²) in [7, 11) is -3.86. The molecule has 0 amide bonds. The lowest BCUT2D eigenvalue weighted by Gasteiger charge is -2.31. The fourth-order valence-corrected chi connectivity index (χ4v) is 5.00. The molecular formula is C16H15BrCl2N2O3S. The van der Waals surface area contributed by atoms with E-state index in [1.165, 1.54) is 12.1 Å². The highest BCUT2D eigenvalue weighted by Gasteiger charge is 2.23. The molecule has 0 aliphatic carbocycles. The zero-order valence-corrected chi connectivity index (χ0v) is 16.9. The van der Waals surface area contributed by atoms with Crippen LogP contribution in [0.3, 0.4) is 0 Å². The maximum atomic E-state index is 12.8. The van der Waals surface area contributed by atoms with Crippen LogP contribution in [0.1, 0.15) is 0 Å². The third-order valence-electron chi connectivity index (χ3n) is 3.74. The van der Waals surface area contributed by atoms with Crippen LogP contribution in [-0.2, 0) is 14.8 Å². The van der Waals surface area contributed by atoms with Crippen molar-refractivity contribution in [1.82, 2.24) is 0 Å². The number of morpholine rings is 1. The third-order valence-corrected chi connectivity index (χ3v) is 6.39. The Morgan fingerprint density at radius 3 is 2.48 bits per heavy atom. The van der Waals surface area contributed by atoms with Gasteiger partial charge in [0.1, 0.15) is 4.90 Å². The number of ether oxygens (including phenoxy) is 1. The number of halogens is 3. The van der Waals surface area contributed by atoms with E-state index in [1.54, 1.807) is 24.3 Å². The molecule has 1 fully saturated rings. The number of rotatable bonds is 4. The van der Waals surface area contributed by atoms with Gasteiger partial charge in [-0.2, -0.15) is 0 Å². The highest BCUT2D eigenvalue weighted by molar-refractivity contribution is 9.10. The molecule has 25 heavy (non-hydrogen) atoms. The normalized spacial score (nSPS) is 15.2. The summed E-state index contributed by atoms with van der Waals surface area (Å²) in [6.07, 6.45) is 0. The zero-order chi connectivity index (χ0) is 18.0. The van der Waals surface area contributed by atoms with Crippen LogP contribution >= 0.6 is 39.1 Å². The van der Waals surface area contributed by atoms with Crippen molar-refractivity contribution < 1.29 is 13.2 Å². The van der Waals surface area contributed by atoms with Crippen LogP contribution in [0.4, 0.5) is 11.4 Å². The molecule has 2 aromatic carbocycles. The number of hydrogen-bond donors (Lipinski definition) is 1. The van der Waals surface area contributed by atoms with Gasteiger partial charge in [0.25, 0.3) is 10.0 Å². The van der Waals surface area contributed by atoms with E-state index in [4.69, 9.17) is 27.9 Å². The summed E-state index contributed by atoms with van der Waals surface area (Å²) >= 11 is 15.7. The topological polar surface area (TPSA) is 58.6 Å². The van der Waals surface area contributed by atoms with Crippen LogP contribution in [0.2, 0.25) is 10.0 Å². The first-order valence-electron chi connectivity index (χ1n) is 7.47. The van der Waals surface area contributed by atoms with Gasteiger partial charge in [-0.3, -0.25) is 4.72 Å². The zero-order valence-electron chi connectivity index (χ0n) is 13.0. The van der Waals surface area contributed by atoms with E-state index in [0.717, 1.165) is 0 Å². The molecule has 5 nitrogen and oxygen atoms in total. The van der Waals surface area contributed by atoms with E-state index in [0.29, 0.717) is 47.2 Å². The van der Waals surface area contributed by atoms with E-state index in [-0.39, 0.29) is 9.92 Å². The molecule has 9 heteroatoms. The van der Waals surface area contributed by atoms with Gasteiger partial charge in [0, 0.05) is 17.6 Å². The third kappa shape index (κ3) is 4.23. The predicted molar refractivity (Wildman–Crippen MR) is 104 cm³/mol. The quantitative estimate of drug-likeness (QED) is 0.727. The Morgan fingerprint density at radius 1 is 1.08 bits per heavy atom. The molecule has 1 aliphatic heterocycles. The number of hydrogen-bond acceptors (Lipinski definition) is 4. The summed E-state index contributed by atoms with van der Waals surface area (Å²) in [6.45, 7) is 2.40. The summed E-state index contributed by atoms with van der Waals surface area (Å²) in [5.74, 6) is 0. The minimum absolute atomic E-state index is 0.00488. The number of nitrogens with zero attached hydrogens (tertiary/aromatic N) is 1. The molecule has 2 aromatic rings. The molecule has 1 N–H and O–H groups in total. The molecule has 0 saturated carbocycles. The standard InChI is InChI=1S/C16H15BrCl2N2O3S/c17-11-4-5-15(13(19)10-11)25(22,23)20-14-3-1-2-12(18)16(14)21-6-8-24-9-7-21/h1-5,10,20H,6-9H2. The maximum absolute atomic E-state index is 12.8. The van der Waals surface area contributed by atoms with Gasteiger partial charge in [-0.1, -0.05) is 45.2 Å². The molecule has 0 spiro atoms. The molecule has 0 bridgehead atoms. The van der Waals surface area contributed by atoms with E-state index < -0.39 is 10.0 Å². The molecule has 1 heterocycles. The van der Waals surface area contributed by atoms with Gasteiger partial charge in [-0.15, -0.1) is 0 Å². The number of anilines is 2. The van der Waals surface area contributed by atoms with E-state index >= 15 is 0 Å². The lowest BCUT2D eigenvalue weighted by Crippen LogP contribution is -2.37.